The monoisotopic (exact) mass is 394 g/mol. The quantitative estimate of drug-likeness (QED) is 0.447. The molecular formula is C19H14F4N2O3. The predicted molar refractivity (Wildman–Crippen MR) is 91.4 cm³/mol. The van der Waals surface area contributed by atoms with Crippen molar-refractivity contribution in [3.8, 4) is 0 Å². The van der Waals surface area contributed by atoms with E-state index in [0.29, 0.717) is 5.56 Å². The molecule has 1 aliphatic rings. The van der Waals surface area contributed by atoms with Crippen LogP contribution in [0.25, 0.3) is 0 Å². The number of benzene rings is 2. The lowest BCUT2D eigenvalue weighted by Gasteiger charge is -2.24. The second kappa shape index (κ2) is 7.79. The Balaban J connectivity index is 1.90. The van der Waals surface area contributed by atoms with Crippen LogP contribution in [0.5, 0.6) is 0 Å². The molecule has 0 fully saturated rings. The molecule has 0 saturated carbocycles. The summed E-state index contributed by atoms with van der Waals surface area (Å²) in [5, 5.41) is 3.75. The number of hydrogen-bond donors (Lipinski definition) is 0. The molecule has 1 atom stereocenters. The maximum atomic E-state index is 14.0. The van der Waals surface area contributed by atoms with Gasteiger partial charge in [0.15, 0.2) is 23.3 Å². The smallest absolute Gasteiger partial charge is 0.355 e. The van der Waals surface area contributed by atoms with Crippen molar-refractivity contribution in [2.45, 2.75) is 25.9 Å². The van der Waals surface area contributed by atoms with Crippen LogP contribution in [0.1, 0.15) is 31.4 Å². The van der Waals surface area contributed by atoms with Crippen LogP contribution in [-0.4, -0.2) is 17.6 Å². The Hall–Kier alpha value is -3.23. The average molecular weight is 394 g/mol. The van der Waals surface area contributed by atoms with Crippen molar-refractivity contribution in [2.24, 2.45) is 5.10 Å². The summed E-state index contributed by atoms with van der Waals surface area (Å²) in [6, 6.07) is 8.77. The molecule has 0 unspecified atom stereocenters. The zero-order valence-electron chi connectivity index (χ0n) is 14.6. The van der Waals surface area contributed by atoms with E-state index in [1.54, 1.807) is 37.3 Å². The number of carbonyl (C=O) groups is 2. The maximum Gasteiger partial charge on any atom is 0.355 e. The first kappa shape index (κ1) is 19.5. The lowest BCUT2D eigenvalue weighted by Crippen LogP contribution is -2.36. The Labute approximate surface area is 157 Å². The van der Waals surface area contributed by atoms with Crippen LogP contribution in [0.3, 0.4) is 0 Å². The van der Waals surface area contributed by atoms with Crippen molar-refractivity contribution in [1.29, 1.82) is 0 Å². The van der Waals surface area contributed by atoms with Gasteiger partial charge in [-0.05, 0) is 12.5 Å². The summed E-state index contributed by atoms with van der Waals surface area (Å²) in [5.41, 5.74) is -0.918. The highest BCUT2D eigenvalue weighted by atomic mass is 19.2. The van der Waals surface area contributed by atoms with Crippen LogP contribution in [0.4, 0.5) is 23.2 Å². The summed E-state index contributed by atoms with van der Waals surface area (Å²) in [5.74, 6) is -8.79. The number of halogens is 4. The van der Waals surface area contributed by atoms with Gasteiger partial charge in [-0.25, -0.2) is 22.4 Å². The van der Waals surface area contributed by atoms with E-state index in [0.717, 1.165) is 0 Å². The minimum absolute atomic E-state index is 0.0169. The van der Waals surface area contributed by atoms with Gasteiger partial charge in [0.25, 0.3) is 0 Å². The van der Waals surface area contributed by atoms with E-state index in [1.165, 1.54) is 0 Å². The number of anilines is 1. The molecule has 146 valence electrons. The zero-order chi connectivity index (χ0) is 20.4. The van der Waals surface area contributed by atoms with Gasteiger partial charge in [-0.1, -0.05) is 30.3 Å². The summed E-state index contributed by atoms with van der Waals surface area (Å²) in [4.78, 5) is 24.4. The van der Waals surface area contributed by atoms with Gasteiger partial charge in [0.05, 0.1) is 0 Å². The van der Waals surface area contributed by atoms with Crippen molar-refractivity contribution in [3.63, 3.8) is 0 Å². The summed E-state index contributed by atoms with van der Waals surface area (Å²) in [7, 11) is 0. The molecule has 3 rings (SSSR count). The zero-order valence-corrected chi connectivity index (χ0v) is 14.6. The van der Waals surface area contributed by atoms with Crippen molar-refractivity contribution in [3.05, 3.63) is 65.2 Å². The Bertz CT molecular complexity index is 937. The second-order valence-electron chi connectivity index (χ2n) is 6.03. The van der Waals surface area contributed by atoms with Crippen LogP contribution in [0.15, 0.2) is 41.5 Å². The number of nitrogens with zero attached hydrogens (tertiary/aromatic N) is 2. The van der Waals surface area contributed by atoms with Crippen molar-refractivity contribution < 1.29 is 31.9 Å². The molecule has 0 N–H and O–H groups in total. The number of amides is 1. The number of hydrogen-bond acceptors (Lipinski definition) is 4. The van der Waals surface area contributed by atoms with Crippen LogP contribution < -0.4 is 5.01 Å². The Morgan fingerprint density at radius 1 is 1.07 bits per heavy atom. The van der Waals surface area contributed by atoms with Crippen LogP contribution in [0, 0.1) is 23.3 Å². The van der Waals surface area contributed by atoms with E-state index in [2.05, 4.69) is 5.10 Å². The lowest BCUT2D eigenvalue weighted by molar-refractivity contribution is -0.140. The number of esters is 1. The van der Waals surface area contributed by atoms with Crippen molar-refractivity contribution in [2.75, 3.05) is 5.01 Å². The number of ether oxygens (including phenoxy) is 1. The van der Waals surface area contributed by atoms with E-state index in [9.17, 15) is 27.2 Å². The highest BCUT2D eigenvalue weighted by molar-refractivity contribution is 6.38. The first-order chi connectivity index (χ1) is 13.3. The molecule has 9 heteroatoms. The summed E-state index contributed by atoms with van der Waals surface area (Å²) >= 11 is 0. The van der Waals surface area contributed by atoms with Crippen LogP contribution in [0.2, 0.25) is 0 Å². The van der Waals surface area contributed by atoms with Gasteiger partial charge in [-0.15, -0.1) is 0 Å². The lowest BCUT2D eigenvalue weighted by atomic mass is 10.1. The van der Waals surface area contributed by atoms with Crippen molar-refractivity contribution >= 4 is 23.3 Å². The van der Waals surface area contributed by atoms with Gasteiger partial charge in [0.1, 0.15) is 17.5 Å². The van der Waals surface area contributed by atoms with E-state index < -0.39 is 46.9 Å². The molecule has 28 heavy (non-hydrogen) atoms. The molecule has 5 nitrogen and oxygen atoms in total. The van der Waals surface area contributed by atoms with Crippen LogP contribution >= 0.6 is 0 Å². The minimum atomic E-state index is -1.79. The highest BCUT2D eigenvalue weighted by Gasteiger charge is 2.33. The van der Waals surface area contributed by atoms with E-state index in [-0.39, 0.29) is 29.6 Å². The predicted octanol–water partition coefficient (Wildman–Crippen LogP) is 4.03. The molecule has 0 radical (unpaired) electrons. The van der Waals surface area contributed by atoms with Gasteiger partial charge < -0.3 is 4.74 Å². The van der Waals surface area contributed by atoms with Gasteiger partial charge in [-0.3, -0.25) is 4.79 Å². The molecule has 1 aliphatic heterocycles. The minimum Gasteiger partial charge on any atom is -0.453 e. The number of hydrazone groups is 1. The third-order valence-corrected chi connectivity index (χ3v) is 4.12. The summed E-state index contributed by atoms with van der Waals surface area (Å²) in [6.07, 6.45) is -1.14. The standard InChI is InChI=1S/C19H14F4N2O3/c1-10(11-5-3-2-4-6-11)28-19(27)14-7-8-15(26)25(24-14)18-16(22)12(20)9-13(21)17(18)23/h2-6,9-10H,7-8H2,1H3/t10-/m1/s1. The van der Waals surface area contributed by atoms with Gasteiger partial charge in [-0.2, -0.15) is 10.1 Å². The van der Waals surface area contributed by atoms with E-state index in [4.69, 9.17) is 4.74 Å². The van der Waals surface area contributed by atoms with Gasteiger partial charge >= 0.3 is 5.97 Å². The fraction of sp³-hybridized carbons (Fsp3) is 0.211. The van der Waals surface area contributed by atoms with Gasteiger partial charge in [0.2, 0.25) is 5.91 Å². The number of carbonyl (C=O) groups excluding carboxylic acids is 2. The molecule has 0 spiro atoms. The fourth-order valence-electron chi connectivity index (χ4n) is 2.64. The Morgan fingerprint density at radius 2 is 1.68 bits per heavy atom. The van der Waals surface area contributed by atoms with Gasteiger partial charge in [0, 0.05) is 18.9 Å². The van der Waals surface area contributed by atoms with E-state index >= 15 is 0 Å². The fourth-order valence-corrected chi connectivity index (χ4v) is 2.64. The normalized spacial score (nSPS) is 15.2. The Kier molecular flexibility index (Phi) is 5.43. The molecular weight excluding hydrogens is 380 g/mol. The molecule has 1 amide bonds. The topological polar surface area (TPSA) is 59.0 Å². The molecule has 0 aromatic heterocycles. The summed E-state index contributed by atoms with van der Waals surface area (Å²) in [6.45, 7) is 1.61. The molecule has 0 bridgehead atoms. The third-order valence-electron chi connectivity index (χ3n) is 4.12. The Morgan fingerprint density at radius 3 is 2.29 bits per heavy atom. The average Bonchev–Trinajstić information content (AvgIpc) is 2.68. The first-order valence-corrected chi connectivity index (χ1v) is 8.29. The first-order valence-electron chi connectivity index (χ1n) is 8.29. The molecule has 0 saturated heterocycles. The second-order valence-corrected chi connectivity index (χ2v) is 6.03. The number of rotatable bonds is 4. The highest BCUT2D eigenvalue weighted by Crippen LogP contribution is 2.30. The van der Waals surface area contributed by atoms with Crippen molar-refractivity contribution in [1.82, 2.24) is 0 Å². The molecule has 1 heterocycles. The van der Waals surface area contributed by atoms with E-state index in [1.807, 2.05) is 0 Å². The SMILES string of the molecule is C[C@@H](OC(=O)C1=NN(c2c(F)c(F)cc(F)c2F)C(=O)CC1)c1ccccc1. The third kappa shape index (κ3) is 3.73. The largest absolute Gasteiger partial charge is 0.453 e. The molecule has 0 aliphatic carbocycles. The van der Waals surface area contributed by atoms with Crippen LogP contribution in [-0.2, 0) is 14.3 Å². The maximum absolute atomic E-state index is 14.0. The summed E-state index contributed by atoms with van der Waals surface area (Å²) < 4.78 is 60.2. The molecule has 2 aromatic rings. The molecule has 2 aromatic carbocycles.